The number of hydrogen-bond donors (Lipinski definition) is 2. The van der Waals surface area contributed by atoms with Crippen LogP contribution in [0.5, 0.6) is 0 Å². The van der Waals surface area contributed by atoms with Crippen molar-refractivity contribution in [1.82, 2.24) is 14.8 Å². The van der Waals surface area contributed by atoms with Gasteiger partial charge in [0, 0.05) is 27.0 Å². The second-order valence-electron chi connectivity index (χ2n) is 7.12. The van der Waals surface area contributed by atoms with Gasteiger partial charge >= 0.3 is 0 Å². The molecule has 0 aliphatic carbocycles. The zero-order valence-electron chi connectivity index (χ0n) is 17.2. The lowest BCUT2D eigenvalue weighted by Gasteiger charge is -2.29. The van der Waals surface area contributed by atoms with Gasteiger partial charge in [-0.2, -0.15) is 4.98 Å². The van der Waals surface area contributed by atoms with Crippen LogP contribution in [0.25, 0.3) is 0 Å². The van der Waals surface area contributed by atoms with Gasteiger partial charge in [-0.15, -0.1) is 5.10 Å². The van der Waals surface area contributed by atoms with Gasteiger partial charge in [-0.3, -0.25) is 4.79 Å². The Morgan fingerprint density at radius 2 is 1.90 bits per heavy atom. The molecular weight excluding hydrogens is 453 g/mol. The van der Waals surface area contributed by atoms with Crippen molar-refractivity contribution in [3.63, 3.8) is 0 Å². The Kier molecular flexibility index (Phi) is 6.27. The van der Waals surface area contributed by atoms with Crippen LogP contribution in [0.15, 0.2) is 58.9 Å². The molecule has 1 aliphatic heterocycles. The average Bonchev–Trinajstić information content (AvgIpc) is 3.10. The van der Waals surface area contributed by atoms with Gasteiger partial charge in [-0.05, 0) is 49.4 Å². The molecule has 6 nitrogen and oxygen atoms in total. The zero-order chi connectivity index (χ0) is 22.1. The summed E-state index contributed by atoms with van der Waals surface area (Å²) in [7, 11) is 0. The highest BCUT2D eigenvalue weighted by Crippen LogP contribution is 2.42. The minimum Gasteiger partial charge on any atom is -0.328 e. The van der Waals surface area contributed by atoms with Gasteiger partial charge in [-0.1, -0.05) is 60.1 Å². The number of nitrogens with zero attached hydrogens (tertiary/aromatic N) is 3. The predicted octanol–water partition coefficient (Wildman–Crippen LogP) is 5.93. The van der Waals surface area contributed by atoms with Crippen molar-refractivity contribution in [3.05, 3.63) is 74.9 Å². The Morgan fingerprint density at radius 3 is 2.58 bits per heavy atom. The van der Waals surface area contributed by atoms with Gasteiger partial charge < -0.3 is 10.6 Å². The van der Waals surface area contributed by atoms with Crippen molar-refractivity contribution < 1.29 is 4.79 Å². The number of amides is 1. The van der Waals surface area contributed by atoms with Crippen molar-refractivity contribution in [2.75, 3.05) is 16.4 Å². The van der Waals surface area contributed by atoms with E-state index < -0.39 is 6.04 Å². The van der Waals surface area contributed by atoms with Crippen molar-refractivity contribution >= 4 is 52.5 Å². The summed E-state index contributed by atoms with van der Waals surface area (Å²) in [5.74, 6) is 1.11. The number of anilines is 2. The zero-order valence-corrected chi connectivity index (χ0v) is 19.6. The van der Waals surface area contributed by atoms with Crippen LogP contribution in [0.3, 0.4) is 0 Å². The smallest absolute Gasteiger partial charge is 0.255 e. The van der Waals surface area contributed by atoms with E-state index in [2.05, 4.69) is 20.7 Å². The molecule has 9 heteroatoms. The van der Waals surface area contributed by atoms with E-state index in [4.69, 9.17) is 23.2 Å². The first-order valence-electron chi connectivity index (χ1n) is 9.78. The predicted molar refractivity (Wildman–Crippen MR) is 127 cm³/mol. The third-order valence-electron chi connectivity index (χ3n) is 4.90. The third kappa shape index (κ3) is 4.31. The summed E-state index contributed by atoms with van der Waals surface area (Å²) in [5, 5.41) is 12.4. The number of carbonyl (C=O) groups is 1. The second-order valence-corrected chi connectivity index (χ2v) is 9.17. The fourth-order valence-corrected chi connectivity index (χ4v) is 4.73. The molecule has 0 saturated carbocycles. The summed E-state index contributed by atoms with van der Waals surface area (Å²) in [4.78, 5) is 18.0. The Hall–Kier alpha value is -2.48. The number of allylic oxidation sites excluding steroid dienone is 1. The second kappa shape index (κ2) is 8.94. The highest BCUT2D eigenvalue weighted by molar-refractivity contribution is 7.99. The maximum Gasteiger partial charge on any atom is 0.255 e. The van der Waals surface area contributed by atoms with Crippen molar-refractivity contribution in [2.45, 2.75) is 32.0 Å². The van der Waals surface area contributed by atoms with Crippen LogP contribution in [0.4, 0.5) is 11.6 Å². The maximum absolute atomic E-state index is 13.5. The highest BCUT2D eigenvalue weighted by atomic mass is 35.5. The summed E-state index contributed by atoms with van der Waals surface area (Å²) < 4.78 is 1.68. The summed E-state index contributed by atoms with van der Waals surface area (Å²) in [5.41, 5.74) is 3.51. The molecule has 2 N–H and O–H groups in total. The molecule has 3 aromatic rings. The molecular formula is C22H21Cl2N5OS. The summed E-state index contributed by atoms with van der Waals surface area (Å²) in [6, 6.07) is 12.3. The topological polar surface area (TPSA) is 71.8 Å². The van der Waals surface area contributed by atoms with Crippen LogP contribution in [-0.4, -0.2) is 26.4 Å². The van der Waals surface area contributed by atoms with Crippen LogP contribution in [-0.2, 0) is 4.79 Å². The average molecular weight is 474 g/mol. The standard InChI is InChI=1S/C22H21Cl2N5OS/c1-4-31-22-27-21-25-13(3)17(20(30)26-14-8-5-7-12(2)11-14)19(29(21)28-22)18-15(23)9-6-10-16(18)24/h5-11,19H,4H2,1-3H3,(H,26,30)(H,25,27,28). The van der Waals surface area contributed by atoms with Crippen molar-refractivity contribution in [3.8, 4) is 0 Å². The van der Waals surface area contributed by atoms with Crippen molar-refractivity contribution in [2.24, 2.45) is 0 Å². The Morgan fingerprint density at radius 1 is 1.19 bits per heavy atom. The largest absolute Gasteiger partial charge is 0.328 e. The van der Waals surface area contributed by atoms with Gasteiger partial charge in [0.1, 0.15) is 6.04 Å². The van der Waals surface area contributed by atoms with Gasteiger partial charge in [0.25, 0.3) is 5.91 Å². The quantitative estimate of drug-likeness (QED) is 0.449. The van der Waals surface area contributed by atoms with Crippen molar-refractivity contribution in [1.29, 1.82) is 0 Å². The van der Waals surface area contributed by atoms with Crippen LogP contribution in [0, 0.1) is 6.92 Å². The molecule has 1 atom stereocenters. The number of aryl methyl sites for hydroxylation is 1. The molecule has 1 amide bonds. The number of benzene rings is 2. The molecule has 2 heterocycles. The number of halogens is 2. The van der Waals surface area contributed by atoms with E-state index in [1.165, 1.54) is 11.8 Å². The fraction of sp³-hybridized carbons (Fsp3) is 0.227. The van der Waals surface area contributed by atoms with Crippen LogP contribution in [0.1, 0.15) is 31.0 Å². The summed E-state index contributed by atoms with van der Waals surface area (Å²) >= 11 is 14.7. The van der Waals surface area contributed by atoms with E-state index in [-0.39, 0.29) is 5.91 Å². The fourth-order valence-electron chi connectivity index (χ4n) is 3.58. The summed E-state index contributed by atoms with van der Waals surface area (Å²) in [6.45, 7) is 5.85. The number of thioether (sulfide) groups is 1. The first-order chi connectivity index (χ1) is 14.9. The van der Waals surface area contributed by atoms with E-state index in [0.717, 1.165) is 11.3 Å². The number of hydrogen-bond acceptors (Lipinski definition) is 5. The molecule has 0 saturated heterocycles. The molecule has 31 heavy (non-hydrogen) atoms. The molecule has 1 aromatic heterocycles. The van der Waals surface area contributed by atoms with Gasteiger partial charge in [0.2, 0.25) is 11.1 Å². The molecule has 0 fully saturated rings. The monoisotopic (exact) mass is 473 g/mol. The molecule has 1 aliphatic rings. The number of rotatable bonds is 5. The SMILES string of the molecule is CCSc1nc2n(n1)C(c1c(Cl)cccc1Cl)C(C(=O)Nc1cccc(C)c1)=C(C)N2. The lowest BCUT2D eigenvalue weighted by atomic mass is 9.94. The summed E-state index contributed by atoms with van der Waals surface area (Å²) in [6.07, 6.45) is 0. The lowest BCUT2D eigenvalue weighted by molar-refractivity contribution is -0.113. The minimum absolute atomic E-state index is 0.262. The van der Waals surface area contributed by atoms with Crippen LogP contribution >= 0.6 is 35.0 Å². The van der Waals surface area contributed by atoms with Gasteiger partial charge in [-0.25, -0.2) is 4.68 Å². The normalized spacial score (nSPS) is 15.5. The number of nitrogens with one attached hydrogen (secondary N) is 2. The van der Waals surface area contributed by atoms with Gasteiger partial charge in [0.15, 0.2) is 0 Å². The first kappa shape index (κ1) is 21.7. The Bertz CT molecular complexity index is 1170. The minimum atomic E-state index is -0.624. The van der Waals surface area contributed by atoms with Gasteiger partial charge in [0.05, 0.1) is 5.57 Å². The molecule has 0 spiro atoms. The molecule has 160 valence electrons. The molecule has 0 bridgehead atoms. The van der Waals surface area contributed by atoms with E-state index in [0.29, 0.717) is 43.7 Å². The highest BCUT2D eigenvalue weighted by Gasteiger charge is 2.36. The molecule has 1 unspecified atom stereocenters. The Labute approximate surface area is 195 Å². The number of fused-ring (bicyclic) bond motifs is 1. The Balaban J connectivity index is 1.84. The van der Waals surface area contributed by atoms with E-state index in [9.17, 15) is 4.79 Å². The number of aromatic nitrogens is 3. The molecule has 0 radical (unpaired) electrons. The third-order valence-corrected chi connectivity index (χ3v) is 6.28. The van der Waals surface area contributed by atoms with E-state index in [1.54, 1.807) is 22.9 Å². The lowest BCUT2D eigenvalue weighted by Crippen LogP contribution is -2.32. The van der Waals surface area contributed by atoms with E-state index >= 15 is 0 Å². The first-order valence-corrected chi connectivity index (χ1v) is 11.5. The number of carbonyl (C=O) groups excluding carboxylic acids is 1. The van der Waals surface area contributed by atoms with Crippen LogP contribution in [0.2, 0.25) is 10.0 Å². The van der Waals surface area contributed by atoms with Crippen LogP contribution < -0.4 is 10.6 Å². The molecule has 2 aromatic carbocycles. The molecule has 4 rings (SSSR count). The maximum atomic E-state index is 13.5. The van der Waals surface area contributed by atoms with E-state index in [1.807, 2.05) is 45.0 Å².